The van der Waals surface area contributed by atoms with Crippen LogP contribution in [0, 0.1) is 24.4 Å². The molecule has 2 atom stereocenters. The van der Waals surface area contributed by atoms with Crippen LogP contribution >= 0.6 is 0 Å². The summed E-state index contributed by atoms with van der Waals surface area (Å²) >= 11 is 0. The summed E-state index contributed by atoms with van der Waals surface area (Å²) in [7, 11) is 1.68. The van der Waals surface area contributed by atoms with Crippen molar-refractivity contribution in [2.75, 3.05) is 0 Å². The Balaban J connectivity index is 1.63. The summed E-state index contributed by atoms with van der Waals surface area (Å²) in [6.45, 7) is 5.81. The minimum Gasteiger partial charge on any atom is -0.325 e. The van der Waals surface area contributed by atoms with E-state index in [9.17, 15) is 18.0 Å². The van der Waals surface area contributed by atoms with Crippen LogP contribution < -0.4 is 0 Å². The molecule has 182 valence electrons. The normalized spacial score (nSPS) is 17.7. The van der Waals surface area contributed by atoms with E-state index in [2.05, 4.69) is 15.1 Å². The van der Waals surface area contributed by atoms with Crippen molar-refractivity contribution in [3.63, 3.8) is 0 Å². The number of hydrogen-bond acceptors (Lipinski definition) is 4. The van der Waals surface area contributed by atoms with Gasteiger partial charge in [-0.05, 0) is 38.3 Å². The second-order valence-corrected chi connectivity index (χ2v) is 8.88. The van der Waals surface area contributed by atoms with Gasteiger partial charge in [0.15, 0.2) is 28.8 Å². The van der Waals surface area contributed by atoms with Gasteiger partial charge >= 0.3 is 0 Å². The van der Waals surface area contributed by atoms with E-state index in [-0.39, 0.29) is 29.2 Å². The number of halogens is 3. The van der Waals surface area contributed by atoms with Gasteiger partial charge in [0.05, 0.1) is 23.1 Å². The number of aryl methyl sites for hydroxylation is 2. The highest BCUT2D eigenvalue weighted by molar-refractivity contribution is 5.98. The average molecular weight is 483 g/mol. The summed E-state index contributed by atoms with van der Waals surface area (Å²) in [6, 6.07) is 1.40. The van der Waals surface area contributed by atoms with Crippen LogP contribution in [0.15, 0.2) is 30.7 Å². The van der Waals surface area contributed by atoms with Gasteiger partial charge < -0.3 is 9.30 Å². The molecule has 0 unspecified atom stereocenters. The lowest BCUT2D eigenvalue weighted by atomic mass is 9.87. The molecule has 1 aromatic carbocycles. The Morgan fingerprint density at radius 3 is 2.51 bits per heavy atom. The molecule has 0 fully saturated rings. The number of amides is 1. The van der Waals surface area contributed by atoms with Gasteiger partial charge in [-0.3, -0.25) is 9.48 Å². The van der Waals surface area contributed by atoms with Crippen LogP contribution in [0.1, 0.15) is 60.2 Å². The highest BCUT2D eigenvalue weighted by Gasteiger charge is 2.41. The summed E-state index contributed by atoms with van der Waals surface area (Å²) in [6.07, 6.45) is 6.83. The van der Waals surface area contributed by atoms with Crippen molar-refractivity contribution in [1.29, 1.82) is 0 Å². The van der Waals surface area contributed by atoms with E-state index >= 15 is 0 Å². The van der Waals surface area contributed by atoms with Crippen LogP contribution in [-0.4, -0.2) is 41.0 Å². The lowest BCUT2D eigenvalue weighted by molar-refractivity contribution is 0.0508. The Bertz CT molecular complexity index is 1440. The number of rotatable bonds is 4. The van der Waals surface area contributed by atoms with Crippen molar-refractivity contribution in [3.05, 3.63) is 70.8 Å². The van der Waals surface area contributed by atoms with Gasteiger partial charge in [0.25, 0.3) is 5.91 Å². The van der Waals surface area contributed by atoms with Gasteiger partial charge in [0.1, 0.15) is 0 Å². The van der Waals surface area contributed by atoms with Crippen molar-refractivity contribution in [2.24, 2.45) is 7.05 Å². The Labute approximate surface area is 200 Å². The van der Waals surface area contributed by atoms with Crippen LogP contribution in [0.25, 0.3) is 16.9 Å². The Morgan fingerprint density at radius 1 is 1.14 bits per heavy atom. The smallest absolute Gasteiger partial charge is 0.277 e. The predicted octanol–water partition coefficient (Wildman–Crippen LogP) is 4.78. The molecule has 0 N–H and O–H groups in total. The highest BCUT2D eigenvalue weighted by Crippen LogP contribution is 2.41. The van der Waals surface area contributed by atoms with Crippen molar-refractivity contribution in [1.82, 2.24) is 29.0 Å². The number of imidazole rings is 1. The van der Waals surface area contributed by atoms with Gasteiger partial charge in [0, 0.05) is 42.8 Å². The zero-order chi connectivity index (χ0) is 25.0. The molecule has 7 nitrogen and oxygen atoms in total. The third-order valence-corrected chi connectivity index (χ3v) is 6.71. The number of carbonyl (C=O) groups excluding carboxylic acids is 1. The predicted molar refractivity (Wildman–Crippen MR) is 123 cm³/mol. The monoisotopic (exact) mass is 482 g/mol. The second-order valence-electron chi connectivity index (χ2n) is 8.88. The third kappa shape index (κ3) is 3.59. The maximum Gasteiger partial charge on any atom is 0.277 e. The number of hydrogen-bond donors (Lipinski definition) is 0. The molecular weight excluding hydrogens is 457 g/mol. The van der Waals surface area contributed by atoms with E-state index < -0.39 is 17.5 Å². The number of nitrogens with zero attached hydrogens (tertiary/aromatic N) is 6. The molecule has 0 radical (unpaired) electrons. The van der Waals surface area contributed by atoms with Gasteiger partial charge in [-0.1, -0.05) is 13.8 Å². The van der Waals surface area contributed by atoms with Crippen molar-refractivity contribution >= 4 is 11.6 Å². The lowest BCUT2D eigenvalue weighted by Gasteiger charge is -2.41. The number of carbonyl (C=O) groups is 1. The first-order valence-electron chi connectivity index (χ1n) is 11.6. The minimum atomic E-state index is -1.50. The maximum atomic E-state index is 14.1. The molecule has 4 aromatic rings. The molecule has 4 heterocycles. The van der Waals surface area contributed by atoms with E-state index in [1.54, 1.807) is 28.5 Å². The summed E-state index contributed by atoms with van der Waals surface area (Å²) in [4.78, 5) is 24.6. The molecule has 35 heavy (non-hydrogen) atoms. The Morgan fingerprint density at radius 2 is 1.86 bits per heavy atom. The molecule has 1 aliphatic rings. The summed E-state index contributed by atoms with van der Waals surface area (Å²) in [5, 5.41) is 4.67. The molecule has 0 bridgehead atoms. The molecular formula is C25H25F3N6O. The van der Waals surface area contributed by atoms with Gasteiger partial charge in [0.2, 0.25) is 0 Å². The first kappa shape index (κ1) is 23.1. The molecule has 0 aliphatic carbocycles. The van der Waals surface area contributed by atoms with E-state index in [1.165, 1.54) is 0 Å². The van der Waals surface area contributed by atoms with Crippen LogP contribution in [0.3, 0.4) is 0 Å². The van der Waals surface area contributed by atoms with Crippen molar-refractivity contribution < 1.29 is 18.0 Å². The quantitative estimate of drug-likeness (QED) is 0.393. The van der Waals surface area contributed by atoms with Crippen molar-refractivity contribution in [3.8, 4) is 11.3 Å². The molecule has 1 aliphatic heterocycles. The first-order chi connectivity index (χ1) is 16.7. The largest absolute Gasteiger partial charge is 0.325 e. The number of aromatic nitrogens is 5. The van der Waals surface area contributed by atoms with E-state index in [1.807, 2.05) is 31.9 Å². The zero-order valence-corrected chi connectivity index (χ0v) is 19.9. The molecule has 3 aromatic heterocycles. The minimum absolute atomic E-state index is 0.198. The molecule has 0 saturated carbocycles. The topological polar surface area (TPSA) is 68.3 Å². The van der Waals surface area contributed by atoms with Crippen LogP contribution in [0.5, 0.6) is 0 Å². The van der Waals surface area contributed by atoms with Crippen LogP contribution in [-0.2, 0) is 13.5 Å². The summed E-state index contributed by atoms with van der Waals surface area (Å²) in [5.74, 6) is -4.25. The number of benzene rings is 1. The number of fused-ring (bicyclic) bond motifs is 2. The van der Waals surface area contributed by atoms with E-state index in [4.69, 9.17) is 0 Å². The molecule has 1 amide bonds. The standard InChI is InChI=1S/C25H25F3N6O/c1-5-15-11-16-21(31-32(4)23(16)14-9-17(26)20(28)18(27)10-14)19(6-2)34(15)25(35)22-24-30-13(3)12-33(24)8-7-29-22/h7-10,12,15,19H,5-6,11H2,1-4H3/t15-,19+/m0/s1. The zero-order valence-electron chi connectivity index (χ0n) is 19.9. The lowest BCUT2D eigenvalue weighted by Crippen LogP contribution is -2.47. The molecule has 0 spiro atoms. The maximum absolute atomic E-state index is 14.1. The SMILES string of the molecule is CC[C@H]1Cc2c(nn(C)c2-c2cc(F)c(F)c(F)c2)[C@@H](CC)N1C(=O)c1nccn2cc(C)nc12. The summed E-state index contributed by atoms with van der Waals surface area (Å²) in [5.41, 5.74) is 3.74. The van der Waals surface area contributed by atoms with E-state index in [0.717, 1.165) is 23.4 Å². The fourth-order valence-electron chi connectivity index (χ4n) is 5.19. The van der Waals surface area contributed by atoms with Crippen LogP contribution in [0.2, 0.25) is 0 Å². The molecule has 0 saturated heterocycles. The van der Waals surface area contributed by atoms with Gasteiger partial charge in [-0.25, -0.2) is 23.1 Å². The fraction of sp³-hybridized carbons (Fsp3) is 0.360. The van der Waals surface area contributed by atoms with Crippen LogP contribution in [0.4, 0.5) is 13.2 Å². The second kappa shape index (κ2) is 8.51. The van der Waals surface area contributed by atoms with Crippen molar-refractivity contribution in [2.45, 2.75) is 52.1 Å². The van der Waals surface area contributed by atoms with Gasteiger partial charge in [-0.2, -0.15) is 5.10 Å². The average Bonchev–Trinajstić information content (AvgIpc) is 3.38. The Kier molecular flexibility index (Phi) is 5.61. The van der Waals surface area contributed by atoms with Gasteiger partial charge in [-0.15, -0.1) is 0 Å². The Hall–Kier alpha value is -3.69. The molecule has 10 heteroatoms. The molecule has 5 rings (SSSR count). The third-order valence-electron chi connectivity index (χ3n) is 6.71. The summed E-state index contributed by atoms with van der Waals surface area (Å²) < 4.78 is 45.1. The first-order valence-corrected chi connectivity index (χ1v) is 11.6. The highest BCUT2D eigenvalue weighted by atomic mass is 19.2. The van der Waals surface area contributed by atoms with E-state index in [0.29, 0.717) is 36.3 Å². The fourth-order valence-corrected chi connectivity index (χ4v) is 5.19.